The predicted molar refractivity (Wildman–Crippen MR) is 174 cm³/mol. The van der Waals surface area contributed by atoms with E-state index in [2.05, 4.69) is 72.2 Å². The van der Waals surface area contributed by atoms with Crippen LogP contribution in [0.1, 0.15) is 129 Å². The number of hydrogen-bond acceptors (Lipinski definition) is 3. The Bertz CT molecular complexity index is 888. The second-order valence-corrected chi connectivity index (χ2v) is 13.2. The molecule has 1 saturated heterocycles. The van der Waals surface area contributed by atoms with E-state index in [9.17, 15) is 0 Å². The highest BCUT2D eigenvalue weighted by atomic mass is 32.2. The van der Waals surface area contributed by atoms with Crippen molar-refractivity contribution >= 4 is 23.1 Å². The third-order valence-corrected chi connectivity index (χ3v) is 10.3. The highest BCUT2D eigenvalue weighted by Crippen LogP contribution is 2.45. The molecule has 2 aliphatic heterocycles. The summed E-state index contributed by atoms with van der Waals surface area (Å²) in [7, 11) is 0. The van der Waals surface area contributed by atoms with Gasteiger partial charge in [-0.1, -0.05) is 128 Å². The second-order valence-electron chi connectivity index (χ2n) is 12.1. The summed E-state index contributed by atoms with van der Waals surface area (Å²) in [5.41, 5.74) is 4.36. The van der Waals surface area contributed by atoms with Crippen molar-refractivity contribution < 1.29 is 0 Å². The standard InChI is InChI=1S/C36H56N2S/c1-3-5-7-9-11-13-15-22-32(21-14-12-10-8-6-4-2)37-28-26-33(27-29-37)38-34-23-17-16-20-31(34)30-39-36-25-19-18-24-35(36)38/h16-20,23-25,32-33H,3-15,21-22,26-30H2,1-2H3. The Morgan fingerprint density at radius 1 is 0.667 bits per heavy atom. The zero-order valence-corrected chi connectivity index (χ0v) is 26.0. The topological polar surface area (TPSA) is 6.48 Å². The molecule has 4 rings (SSSR count). The first-order chi connectivity index (χ1) is 19.3. The minimum atomic E-state index is 0.593. The quantitative estimate of drug-likeness (QED) is 0.181. The molecule has 1 fully saturated rings. The zero-order chi connectivity index (χ0) is 27.1. The van der Waals surface area contributed by atoms with Gasteiger partial charge in [0.2, 0.25) is 0 Å². The number of hydrogen-bond donors (Lipinski definition) is 0. The molecule has 2 aliphatic rings. The van der Waals surface area contributed by atoms with E-state index in [4.69, 9.17) is 0 Å². The van der Waals surface area contributed by atoms with Crippen molar-refractivity contribution in [3.63, 3.8) is 0 Å². The normalized spacial score (nSPS) is 17.0. The number of anilines is 2. The first kappa shape index (κ1) is 30.5. The number of fused-ring (bicyclic) bond motifs is 2. The van der Waals surface area contributed by atoms with Gasteiger partial charge in [0.15, 0.2) is 0 Å². The van der Waals surface area contributed by atoms with Crippen LogP contribution in [-0.2, 0) is 5.75 Å². The molecule has 1 atom stereocenters. The fraction of sp³-hybridized carbons (Fsp3) is 0.667. The molecule has 2 heterocycles. The van der Waals surface area contributed by atoms with Gasteiger partial charge in [-0.25, -0.2) is 0 Å². The lowest BCUT2D eigenvalue weighted by atomic mass is 9.94. The molecule has 216 valence electrons. The van der Waals surface area contributed by atoms with Crippen LogP contribution < -0.4 is 4.90 Å². The summed E-state index contributed by atoms with van der Waals surface area (Å²) < 4.78 is 0. The maximum Gasteiger partial charge on any atom is 0.0551 e. The van der Waals surface area contributed by atoms with E-state index in [1.165, 1.54) is 144 Å². The van der Waals surface area contributed by atoms with Crippen LogP contribution in [-0.4, -0.2) is 30.1 Å². The summed E-state index contributed by atoms with van der Waals surface area (Å²) in [6.07, 6.45) is 23.8. The fourth-order valence-corrected chi connectivity index (χ4v) is 7.89. The lowest BCUT2D eigenvalue weighted by Crippen LogP contribution is -2.47. The van der Waals surface area contributed by atoms with Crippen LogP contribution in [0, 0.1) is 0 Å². The SMILES string of the molecule is CCCCCCCCCC(CCCCCCCC)N1CCC(N2c3ccccc3CSc3ccccc32)CC1. The van der Waals surface area contributed by atoms with Crippen LogP contribution in [0.3, 0.4) is 0 Å². The van der Waals surface area contributed by atoms with Crippen molar-refractivity contribution in [3.8, 4) is 0 Å². The second kappa shape index (κ2) is 17.4. The average molecular weight is 549 g/mol. The van der Waals surface area contributed by atoms with E-state index in [-0.39, 0.29) is 0 Å². The Balaban J connectivity index is 1.35. The lowest BCUT2D eigenvalue weighted by Gasteiger charge is -2.43. The molecule has 0 aromatic heterocycles. The highest BCUT2D eigenvalue weighted by Gasteiger charge is 2.32. The molecule has 39 heavy (non-hydrogen) atoms. The molecule has 2 nitrogen and oxygen atoms in total. The van der Waals surface area contributed by atoms with Crippen molar-refractivity contribution in [2.75, 3.05) is 18.0 Å². The minimum absolute atomic E-state index is 0.593. The Morgan fingerprint density at radius 3 is 1.85 bits per heavy atom. The Labute approximate surface area is 245 Å². The monoisotopic (exact) mass is 548 g/mol. The smallest absolute Gasteiger partial charge is 0.0551 e. The number of para-hydroxylation sites is 2. The number of rotatable bonds is 17. The largest absolute Gasteiger partial charge is 0.337 e. The predicted octanol–water partition coefficient (Wildman–Crippen LogP) is 11.2. The van der Waals surface area contributed by atoms with Gasteiger partial charge in [-0.2, -0.15) is 0 Å². The summed E-state index contributed by atoms with van der Waals surface area (Å²) in [5.74, 6) is 1.07. The molecule has 1 unspecified atom stereocenters. The Morgan fingerprint density at radius 2 is 1.21 bits per heavy atom. The van der Waals surface area contributed by atoms with Gasteiger partial charge in [-0.05, 0) is 49.4 Å². The average Bonchev–Trinajstić information content (AvgIpc) is 3.14. The molecular formula is C36H56N2S. The summed E-state index contributed by atoms with van der Waals surface area (Å²) in [4.78, 5) is 7.07. The summed E-state index contributed by atoms with van der Waals surface area (Å²) in [5, 5.41) is 0. The molecule has 0 spiro atoms. The first-order valence-electron chi connectivity index (χ1n) is 16.6. The van der Waals surface area contributed by atoms with E-state index >= 15 is 0 Å². The molecular weight excluding hydrogens is 492 g/mol. The minimum Gasteiger partial charge on any atom is -0.337 e. The third kappa shape index (κ3) is 9.28. The molecule has 2 aromatic carbocycles. The van der Waals surface area contributed by atoms with Gasteiger partial charge in [0.1, 0.15) is 0 Å². The molecule has 2 aromatic rings. The van der Waals surface area contributed by atoms with Crippen molar-refractivity contribution in [1.82, 2.24) is 4.90 Å². The van der Waals surface area contributed by atoms with Crippen molar-refractivity contribution in [2.45, 2.75) is 146 Å². The van der Waals surface area contributed by atoms with Gasteiger partial charge in [0.25, 0.3) is 0 Å². The van der Waals surface area contributed by atoms with Gasteiger partial charge >= 0.3 is 0 Å². The van der Waals surface area contributed by atoms with Crippen LogP contribution in [0.5, 0.6) is 0 Å². The maximum absolute atomic E-state index is 2.91. The Kier molecular flexibility index (Phi) is 13.6. The van der Waals surface area contributed by atoms with E-state index in [0.717, 1.165) is 11.8 Å². The van der Waals surface area contributed by atoms with E-state index in [1.807, 2.05) is 11.8 Å². The van der Waals surface area contributed by atoms with Gasteiger partial charge in [-0.15, -0.1) is 11.8 Å². The van der Waals surface area contributed by atoms with Gasteiger partial charge in [-0.3, -0.25) is 0 Å². The lowest BCUT2D eigenvalue weighted by molar-refractivity contribution is 0.133. The maximum atomic E-state index is 2.91. The van der Waals surface area contributed by atoms with Crippen LogP contribution in [0.2, 0.25) is 0 Å². The fourth-order valence-electron chi connectivity index (χ4n) is 6.84. The Hall–Kier alpha value is -1.45. The van der Waals surface area contributed by atoms with Gasteiger partial charge < -0.3 is 9.80 Å². The molecule has 0 bridgehead atoms. The number of likely N-dealkylation sites (tertiary alicyclic amines) is 1. The van der Waals surface area contributed by atoms with Crippen LogP contribution in [0.25, 0.3) is 0 Å². The molecule has 0 amide bonds. The molecule has 0 radical (unpaired) electrons. The van der Waals surface area contributed by atoms with Gasteiger partial charge in [0, 0.05) is 41.5 Å². The number of nitrogens with zero attached hydrogens (tertiary/aromatic N) is 2. The van der Waals surface area contributed by atoms with Crippen molar-refractivity contribution in [2.24, 2.45) is 0 Å². The molecule has 0 saturated carbocycles. The highest BCUT2D eigenvalue weighted by molar-refractivity contribution is 7.98. The van der Waals surface area contributed by atoms with E-state index in [0.29, 0.717) is 6.04 Å². The summed E-state index contributed by atoms with van der Waals surface area (Å²) in [6.45, 7) is 7.16. The van der Waals surface area contributed by atoms with Crippen LogP contribution in [0.15, 0.2) is 53.4 Å². The summed E-state index contributed by atoms with van der Waals surface area (Å²) in [6, 6.07) is 19.7. The molecule has 3 heteroatoms. The zero-order valence-electron chi connectivity index (χ0n) is 25.2. The molecule has 0 aliphatic carbocycles. The summed E-state index contributed by atoms with van der Waals surface area (Å²) >= 11 is 2.01. The van der Waals surface area contributed by atoms with E-state index < -0.39 is 0 Å². The number of thioether (sulfide) groups is 1. The molecule has 0 N–H and O–H groups in total. The number of unbranched alkanes of at least 4 members (excludes halogenated alkanes) is 11. The van der Waals surface area contributed by atoms with E-state index in [1.54, 1.807) is 0 Å². The van der Waals surface area contributed by atoms with Crippen LogP contribution in [0.4, 0.5) is 11.4 Å². The van der Waals surface area contributed by atoms with Crippen molar-refractivity contribution in [3.05, 3.63) is 54.1 Å². The first-order valence-corrected chi connectivity index (χ1v) is 17.6. The van der Waals surface area contributed by atoms with Crippen molar-refractivity contribution in [1.29, 1.82) is 0 Å². The third-order valence-electron chi connectivity index (χ3n) is 9.17. The number of piperidine rings is 1. The van der Waals surface area contributed by atoms with Crippen LogP contribution >= 0.6 is 11.8 Å². The van der Waals surface area contributed by atoms with Gasteiger partial charge in [0.05, 0.1) is 5.69 Å². The number of benzene rings is 2.